The van der Waals surface area contributed by atoms with E-state index in [1.807, 2.05) is 0 Å². The largest absolute Gasteiger partial charge is 0.463 e. The molecule has 0 N–H and O–H groups in total. The number of hydrogen-bond acceptors (Lipinski definition) is 9. The van der Waals surface area contributed by atoms with Gasteiger partial charge in [-0.2, -0.15) is 0 Å². The number of hydrogen-bond donors (Lipinski definition) is 0. The van der Waals surface area contributed by atoms with E-state index in [9.17, 15) is 14.4 Å². The first kappa shape index (κ1) is 20.3. The molecule has 0 aromatic carbocycles. The van der Waals surface area contributed by atoms with Crippen LogP contribution in [0.25, 0.3) is 0 Å². The highest BCUT2D eigenvalue weighted by Crippen LogP contribution is 2.18. The van der Waals surface area contributed by atoms with Crippen LogP contribution < -0.4 is 0 Å². The first-order chi connectivity index (χ1) is 11.7. The molecule has 0 saturated carbocycles. The lowest BCUT2D eigenvalue weighted by atomic mass is 10.0. The molecule has 0 rings (SSSR count). The molecule has 5 atom stereocenters. The third kappa shape index (κ3) is 8.23. The van der Waals surface area contributed by atoms with Gasteiger partial charge in [0.05, 0.1) is 7.98 Å². The van der Waals surface area contributed by atoms with Crippen molar-refractivity contribution >= 4 is 17.9 Å². The Kier molecular flexibility index (Phi) is 9.97. The van der Waals surface area contributed by atoms with Crippen molar-refractivity contribution in [1.82, 2.24) is 0 Å². The number of carbonyl (C=O) groups is 3. The Labute approximate surface area is 142 Å². The van der Waals surface area contributed by atoms with Gasteiger partial charge < -0.3 is 28.4 Å². The molecule has 0 heterocycles. The lowest BCUT2D eigenvalue weighted by Gasteiger charge is -2.34. The predicted molar refractivity (Wildman–Crippen MR) is 81.2 cm³/mol. The molecule has 9 nitrogen and oxygen atoms in total. The summed E-state index contributed by atoms with van der Waals surface area (Å²) in [5.41, 5.74) is 0. The van der Waals surface area contributed by atoms with Crippen molar-refractivity contribution in [2.75, 3.05) is 34.5 Å². The van der Waals surface area contributed by atoms with Gasteiger partial charge in [-0.25, -0.2) is 0 Å². The predicted octanol–water partition coefficient (Wildman–Crippen LogP) is 0.0893. The molecule has 0 spiro atoms. The van der Waals surface area contributed by atoms with Gasteiger partial charge in [0.2, 0.25) is 0 Å². The van der Waals surface area contributed by atoms with Gasteiger partial charge in [-0.1, -0.05) is 0 Å². The number of carbonyl (C=O) groups excluding carboxylic acids is 3. The normalized spacial score (nSPS) is 17.7. The molecular weight excluding hydrogens is 324 g/mol. The zero-order valence-electron chi connectivity index (χ0n) is 15.8. The second-order valence-electron chi connectivity index (χ2n) is 4.82. The van der Waals surface area contributed by atoms with Crippen molar-refractivity contribution in [2.45, 2.75) is 45.2 Å². The molecule has 0 unspecified atom stereocenters. The van der Waals surface area contributed by atoms with Crippen molar-refractivity contribution in [3.05, 3.63) is 0 Å². The topological polar surface area (TPSA) is 107 Å². The summed E-state index contributed by atoms with van der Waals surface area (Å²) in [4.78, 5) is 33.9. The Hall–Kier alpha value is -1.71. The molecule has 0 aromatic rings. The number of methoxy groups -OCH3 is 3. The molecule has 140 valence electrons. The summed E-state index contributed by atoms with van der Waals surface area (Å²) < 4.78 is 38.6. The highest BCUT2D eigenvalue weighted by molar-refractivity contribution is 5.67. The minimum Gasteiger partial charge on any atom is -0.463 e. The smallest absolute Gasteiger partial charge is 0.303 e. The van der Waals surface area contributed by atoms with Gasteiger partial charge in [-0.05, 0) is 0 Å². The Bertz CT molecular complexity index is 443. The van der Waals surface area contributed by atoms with Gasteiger partial charge in [0.15, 0.2) is 12.2 Å². The minimum absolute atomic E-state index is 0.0531. The van der Waals surface area contributed by atoms with E-state index in [0.29, 0.717) is 0 Å². The Morgan fingerprint density at radius 3 is 1.79 bits per heavy atom. The number of esters is 3. The van der Waals surface area contributed by atoms with Crippen LogP contribution >= 0.6 is 0 Å². The van der Waals surface area contributed by atoms with Gasteiger partial charge >= 0.3 is 17.9 Å². The van der Waals surface area contributed by atoms with Crippen molar-refractivity contribution < 1.29 is 44.2 Å². The molecule has 0 aromatic heterocycles. The summed E-state index contributed by atoms with van der Waals surface area (Å²) in [7, 11) is 3.96. The second kappa shape index (κ2) is 11.8. The van der Waals surface area contributed by atoms with Crippen molar-refractivity contribution in [2.24, 2.45) is 0 Å². The molecule has 24 heavy (non-hydrogen) atoms. The summed E-state index contributed by atoms with van der Waals surface area (Å²) in [6, 6.07) is 0. The summed E-state index contributed by atoms with van der Waals surface area (Å²) >= 11 is 0. The van der Waals surface area contributed by atoms with Gasteiger partial charge in [-0.3, -0.25) is 14.4 Å². The summed E-state index contributed by atoms with van der Waals surface area (Å²) in [6.07, 6.45) is -4.36. The fourth-order valence-electron chi connectivity index (χ4n) is 2.01. The average Bonchev–Trinajstić information content (AvgIpc) is 2.46. The molecule has 0 saturated heterocycles. The molecule has 0 bridgehead atoms. The monoisotopic (exact) mass is 351 g/mol. The first-order valence-corrected chi connectivity index (χ1v) is 7.16. The Morgan fingerprint density at radius 2 is 1.42 bits per heavy atom. The first-order valence-electron chi connectivity index (χ1n) is 7.74. The third-order valence-electron chi connectivity index (χ3n) is 2.88. The van der Waals surface area contributed by atoms with Crippen molar-refractivity contribution in [3.8, 4) is 0 Å². The Morgan fingerprint density at radius 1 is 0.833 bits per heavy atom. The van der Waals surface area contributed by atoms with E-state index in [0.717, 1.165) is 13.8 Å². The summed E-state index contributed by atoms with van der Waals surface area (Å²) in [5.74, 6) is -1.98. The SMILES string of the molecule is [2H][C@H](OC(C)=O)[C@H](OC)[C@H](OC(C)=O)[C@H](OC)[C@@H](COC)OC(C)=O. The molecule has 0 fully saturated rings. The van der Waals surface area contributed by atoms with E-state index < -0.39 is 48.9 Å². The van der Waals surface area contributed by atoms with Crippen LogP contribution in [0, 0.1) is 0 Å². The lowest BCUT2D eigenvalue weighted by Crippen LogP contribution is -2.52. The fourth-order valence-corrected chi connectivity index (χ4v) is 2.01. The third-order valence-corrected chi connectivity index (χ3v) is 2.88. The maximum Gasteiger partial charge on any atom is 0.303 e. The number of rotatable bonds is 11. The van der Waals surface area contributed by atoms with Crippen LogP contribution in [0.4, 0.5) is 0 Å². The van der Waals surface area contributed by atoms with Crippen LogP contribution in [-0.4, -0.2) is 76.8 Å². The van der Waals surface area contributed by atoms with Crippen LogP contribution in [-0.2, 0) is 42.8 Å². The van der Waals surface area contributed by atoms with Gasteiger partial charge in [0.25, 0.3) is 0 Å². The molecule has 0 aliphatic carbocycles. The molecular formula is C15H26O9. The van der Waals surface area contributed by atoms with Gasteiger partial charge in [-0.15, -0.1) is 0 Å². The van der Waals surface area contributed by atoms with E-state index in [2.05, 4.69) is 0 Å². The number of ether oxygens (including phenoxy) is 6. The van der Waals surface area contributed by atoms with Gasteiger partial charge in [0, 0.05) is 42.1 Å². The fraction of sp³-hybridized carbons (Fsp3) is 0.800. The van der Waals surface area contributed by atoms with E-state index in [1.54, 1.807) is 0 Å². The van der Waals surface area contributed by atoms with Gasteiger partial charge in [0.1, 0.15) is 18.8 Å². The summed E-state index contributed by atoms with van der Waals surface area (Å²) in [5, 5.41) is 0. The molecule has 0 radical (unpaired) electrons. The molecule has 0 aliphatic rings. The highest BCUT2D eigenvalue weighted by atomic mass is 16.6. The highest BCUT2D eigenvalue weighted by Gasteiger charge is 2.40. The molecule has 9 heteroatoms. The zero-order valence-corrected chi connectivity index (χ0v) is 14.8. The zero-order chi connectivity index (χ0) is 19.6. The average molecular weight is 351 g/mol. The quantitative estimate of drug-likeness (QED) is 0.378. The van der Waals surface area contributed by atoms with Crippen molar-refractivity contribution in [3.63, 3.8) is 0 Å². The van der Waals surface area contributed by atoms with E-state index in [1.165, 1.54) is 28.3 Å². The Balaban J connectivity index is 5.68. The van der Waals surface area contributed by atoms with E-state index >= 15 is 0 Å². The molecule has 0 amide bonds. The maximum absolute atomic E-state index is 11.5. The summed E-state index contributed by atoms with van der Waals surface area (Å²) in [6.45, 7) is 1.95. The van der Waals surface area contributed by atoms with E-state index in [4.69, 9.17) is 29.8 Å². The van der Waals surface area contributed by atoms with Crippen LogP contribution in [0.3, 0.4) is 0 Å². The van der Waals surface area contributed by atoms with Crippen LogP contribution in [0.5, 0.6) is 0 Å². The van der Waals surface area contributed by atoms with Crippen LogP contribution in [0.15, 0.2) is 0 Å². The molecule has 0 aliphatic heterocycles. The van der Waals surface area contributed by atoms with E-state index in [-0.39, 0.29) is 6.61 Å². The van der Waals surface area contributed by atoms with Crippen molar-refractivity contribution in [1.29, 1.82) is 0 Å². The second-order valence-corrected chi connectivity index (χ2v) is 4.82. The van der Waals surface area contributed by atoms with Crippen LogP contribution in [0.2, 0.25) is 0 Å². The maximum atomic E-state index is 11.5. The minimum atomic E-state index is -1.50. The standard InChI is InChI=1S/C15H26O9/c1-9(16)22-8-12(20-5)15(24-11(3)18)14(21-6)13(7-19-4)23-10(2)17/h12-15H,7-8H2,1-6H3/t12-,13+,14+,15-/m0/s1/i8D/t8-,12-,13+,14+,15-. The lowest BCUT2D eigenvalue weighted by molar-refractivity contribution is -0.194. The van der Waals surface area contributed by atoms with Crippen LogP contribution in [0.1, 0.15) is 22.1 Å².